The molecule has 0 bridgehead atoms. The molecule has 2 N–H and O–H groups in total. The van der Waals surface area contributed by atoms with Crippen LogP contribution in [0, 0.1) is 5.92 Å². The third kappa shape index (κ3) is 3.95. The zero-order chi connectivity index (χ0) is 14.7. The Balaban J connectivity index is 1.99. The first-order valence-electron chi connectivity index (χ1n) is 6.03. The van der Waals surface area contributed by atoms with E-state index in [2.05, 4.69) is 15.8 Å². The lowest BCUT2D eigenvalue weighted by molar-refractivity contribution is -0.128. The molecule has 2 amide bonds. The van der Waals surface area contributed by atoms with Gasteiger partial charge in [-0.15, -0.1) is 0 Å². The standard InChI is InChI=1S/C13H13Cl2N3O2/c1-7-2-8(13(20)18-17-7)3-12(19)16-11-5-9(14)4-10(15)6-11/h4-6,8H,2-3H2,1H3,(H,16,19)(H,18,20)/t8-/m0/s1. The number of hydrogen-bond donors (Lipinski definition) is 2. The molecule has 1 atom stereocenters. The second-order valence-electron chi connectivity index (χ2n) is 4.63. The van der Waals surface area contributed by atoms with Crippen LogP contribution in [0.15, 0.2) is 23.3 Å². The van der Waals surface area contributed by atoms with Crippen molar-refractivity contribution >= 4 is 46.4 Å². The molecule has 1 aliphatic rings. The van der Waals surface area contributed by atoms with E-state index in [0.29, 0.717) is 22.2 Å². The van der Waals surface area contributed by atoms with Crippen molar-refractivity contribution in [3.63, 3.8) is 0 Å². The van der Waals surface area contributed by atoms with Crippen molar-refractivity contribution < 1.29 is 9.59 Å². The van der Waals surface area contributed by atoms with Crippen molar-refractivity contribution in [3.8, 4) is 0 Å². The Bertz CT molecular complexity index is 567. The van der Waals surface area contributed by atoms with E-state index in [4.69, 9.17) is 23.2 Å². The quantitative estimate of drug-likeness (QED) is 0.900. The monoisotopic (exact) mass is 313 g/mol. The molecule has 1 aromatic rings. The van der Waals surface area contributed by atoms with Gasteiger partial charge in [0.1, 0.15) is 0 Å². The van der Waals surface area contributed by atoms with Gasteiger partial charge in [-0.05, 0) is 31.5 Å². The molecule has 20 heavy (non-hydrogen) atoms. The van der Waals surface area contributed by atoms with Gasteiger partial charge in [0.15, 0.2) is 0 Å². The average Bonchev–Trinajstić information content (AvgIpc) is 2.32. The fourth-order valence-electron chi connectivity index (χ4n) is 1.96. The topological polar surface area (TPSA) is 70.6 Å². The largest absolute Gasteiger partial charge is 0.326 e. The highest BCUT2D eigenvalue weighted by Crippen LogP contribution is 2.23. The highest BCUT2D eigenvalue weighted by atomic mass is 35.5. The second-order valence-corrected chi connectivity index (χ2v) is 5.51. The molecule has 0 fully saturated rings. The summed E-state index contributed by atoms with van der Waals surface area (Å²) in [4.78, 5) is 23.5. The van der Waals surface area contributed by atoms with Gasteiger partial charge < -0.3 is 5.32 Å². The van der Waals surface area contributed by atoms with Crippen LogP contribution in [0.4, 0.5) is 5.69 Å². The Kier molecular flexibility index (Phi) is 4.62. The van der Waals surface area contributed by atoms with Gasteiger partial charge in [-0.3, -0.25) is 9.59 Å². The van der Waals surface area contributed by atoms with Crippen molar-refractivity contribution in [2.75, 3.05) is 5.32 Å². The summed E-state index contributed by atoms with van der Waals surface area (Å²) in [5.74, 6) is -0.907. The molecule has 1 heterocycles. The van der Waals surface area contributed by atoms with Crippen LogP contribution in [0.3, 0.4) is 0 Å². The number of hydrogen-bond acceptors (Lipinski definition) is 3. The molecule has 0 radical (unpaired) electrons. The summed E-state index contributed by atoms with van der Waals surface area (Å²) < 4.78 is 0. The predicted octanol–water partition coefficient (Wildman–Crippen LogP) is 2.83. The number of nitrogens with one attached hydrogen (secondary N) is 2. The summed E-state index contributed by atoms with van der Waals surface area (Å²) in [5, 5.41) is 7.38. The summed E-state index contributed by atoms with van der Waals surface area (Å²) in [6.07, 6.45) is 0.568. The van der Waals surface area contributed by atoms with Gasteiger partial charge in [-0.25, -0.2) is 5.43 Å². The van der Waals surface area contributed by atoms with E-state index in [9.17, 15) is 9.59 Å². The minimum atomic E-state index is -0.401. The van der Waals surface area contributed by atoms with Crippen molar-refractivity contribution in [2.45, 2.75) is 19.8 Å². The number of rotatable bonds is 3. The number of nitrogens with zero attached hydrogens (tertiary/aromatic N) is 1. The Morgan fingerprint density at radius 2 is 2.05 bits per heavy atom. The molecule has 0 saturated heterocycles. The fourth-order valence-corrected chi connectivity index (χ4v) is 2.49. The predicted molar refractivity (Wildman–Crippen MR) is 79.1 cm³/mol. The van der Waals surface area contributed by atoms with E-state index in [1.165, 1.54) is 0 Å². The fraction of sp³-hybridized carbons (Fsp3) is 0.308. The molecule has 1 aliphatic heterocycles. The summed E-state index contributed by atoms with van der Waals surface area (Å²) in [7, 11) is 0. The van der Waals surface area contributed by atoms with Gasteiger partial charge in [0.05, 0.1) is 5.92 Å². The SMILES string of the molecule is CC1=NNC(=O)[C@H](CC(=O)Nc2cc(Cl)cc(Cl)c2)C1. The van der Waals surface area contributed by atoms with Crippen molar-refractivity contribution in [1.82, 2.24) is 5.43 Å². The third-order valence-electron chi connectivity index (χ3n) is 2.85. The lowest BCUT2D eigenvalue weighted by Gasteiger charge is -2.19. The number of hydrazone groups is 1. The number of carbonyl (C=O) groups excluding carboxylic acids is 2. The number of carbonyl (C=O) groups is 2. The summed E-state index contributed by atoms with van der Waals surface area (Å²) in [6, 6.07) is 4.77. The van der Waals surface area contributed by atoms with Crippen LogP contribution in [-0.4, -0.2) is 17.5 Å². The van der Waals surface area contributed by atoms with E-state index in [1.54, 1.807) is 25.1 Å². The number of halogens is 2. The van der Waals surface area contributed by atoms with Crippen LogP contribution in [0.1, 0.15) is 19.8 Å². The second kappa shape index (κ2) is 6.24. The first-order valence-corrected chi connectivity index (χ1v) is 6.78. The zero-order valence-electron chi connectivity index (χ0n) is 10.7. The number of amides is 2. The Labute approximate surface area is 126 Å². The van der Waals surface area contributed by atoms with Gasteiger partial charge in [-0.2, -0.15) is 5.10 Å². The lowest BCUT2D eigenvalue weighted by atomic mass is 9.96. The van der Waals surface area contributed by atoms with E-state index < -0.39 is 5.92 Å². The highest BCUT2D eigenvalue weighted by Gasteiger charge is 2.25. The van der Waals surface area contributed by atoms with Gasteiger partial charge in [0.25, 0.3) is 0 Å². The maximum atomic E-state index is 11.9. The molecule has 0 saturated carbocycles. The highest BCUT2D eigenvalue weighted by molar-refractivity contribution is 6.35. The van der Waals surface area contributed by atoms with Gasteiger partial charge in [0, 0.05) is 27.9 Å². The first-order chi connectivity index (χ1) is 9.44. The third-order valence-corrected chi connectivity index (χ3v) is 3.28. The summed E-state index contributed by atoms with van der Waals surface area (Å²) >= 11 is 11.7. The van der Waals surface area contributed by atoms with E-state index in [-0.39, 0.29) is 18.2 Å². The summed E-state index contributed by atoms with van der Waals surface area (Å²) in [6.45, 7) is 1.81. The zero-order valence-corrected chi connectivity index (χ0v) is 12.3. The first kappa shape index (κ1) is 14.8. The molecule has 0 spiro atoms. The van der Waals surface area contributed by atoms with Gasteiger partial charge in [-0.1, -0.05) is 23.2 Å². The van der Waals surface area contributed by atoms with Gasteiger partial charge >= 0.3 is 0 Å². The maximum absolute atomic E-state index is 11.9. The molecule has 0 unspecified atom stereocenters. The van der Waals surface area contributed by atoms with Gasteiger partial charge in [0.2, 0.25) is 11.8 Å². The molecule has 0 aromatic heterocycles. The van der Waals surface area contributed by atoms with Crippen molar-refractivity contribution in [2.24, 2.45) is 11.0 Å². The molecular weight excluding hydrogens is 301 g/mol. The minimum Gasteiger partial charge on any atom is -0.326 e. The van der Waals surface area contributed by atoms with Crippen LogP contribution in [0.5, 0.6) is 0 Å². The van der Waals surface area contributed by atoms with E-state index >= 15 is 0 Å². The maximum Gasteiger partial charge on any atom is 0.244 e. The molecule has 2 rings (SSSR count). The number of benzene rings is 1. The van der Waals surface area contributed by atoms with Crippen molar-refractivity contribution in [3.05, 3.63) is 28.2 Å². The van der Waals surface area contributed by atoms with E-state index in [1.807, 2.05) is 0 Å². The van der Waals surface area contributed by atoms with Crippen LogP contribution < -0.4 is 10.7 Å². The van der Waals surface area contributed by atoms with Crippen LogP contribution >= 0.6 is 23.2 Å². The molecule has 1 aromatic carbocycles. The smallest absolute Gasteiger partial charge is 0.244 e. The number of anilines is 1. The average molecular weight is 314 g/mol. The molecule has 106 valence electrons. The van der Waals surface area contributed by atoms with Crippen LogP contribution in [-0.2, 0) is 9.59 Å². The Hall–Kier alpha value is -1.59. The normalized spacial score (nSPS) is 18.2. The molecule has 5 nitrogen and oxygen atoms in total. The molecular formula is C13H13Cl2N3O2. The van der Waals surface area contributed by atoms with Crippen LogP contribution in [0.25, 0.3) is 0 Å². The Morgan fingerprint density at radius 3 is 2.70 bits per heavy atom. The molecule has 7 heteroatoms. The lowest BCUT2D eigenvalue weighted by Crippen LogP contribution is -2.35. The summed E-state index contributed by atoms with van der Waals surface area (Å²) in [5.41, 5.74) is 3.70. The minimum absolute atomic E-state index is 0.0861. The van der Waals surface area contributed by atoms with Crippen molar-refractivity contribution in [1.29, 1.82) is 0 Å². The Morgan fingerprint density at radius 1 is 1.40 bits per heavy atom. The molecule has 0 aliphatic carbocycles. The van der Waals surface area contributed by atoms with E-state index in [0.717, 1.165) is 5.71 Å². The van der Waals surface area contributed by atoms with Crippen LogP contribution in [0.2, 0.25) is 10.0 Å².